The molecule has 0 bridgehead atoms. The summed E-state index contributed by atoms with van der Waals surface area (Å²) in [6.07, 6.45) is 5.14. The van der Waals surface area contributed by atoms with Crippen molar-refractivity contribution in [3.05, 3.63) is 21.4 Å². The van der Waals surface area contributed by atoms with Crippen molar-refractivity contribution in [3.63, 3.8) is 0 Å². The Balaban J connectivity index is 1.94. The van der Waals surface area contributed by atoms with Gasteiger partial charge in [0, 0.05) is 17.3 Å². The number of carbonyl (C=O) groups excluding carboxylic acids is 1. The van der Waals surface area contributed by atoms with Gasteiger partial charge in [-0.05, 0) is 50.2 Å². The maximum absolute atomic E-state index is 12.2. The predicted molar refractivity (Wildman–Crippen MR) is 83.9 cm³/mol. The minimum absolute atomic E-state index is 0.0691. The average molecular weight is 309 g/mol. The van der Waals surface area contributed by atoms with Crippen molar-refractivity contribution in [2.45, 2.75) is 58.4 Å². The third-order valence-electron chi connectivity index (χ3n) is 4.15. The van der Waals surface area contributed by atoms with E-state index in [0.29, 0.717) is 6.42 Å². The summed E-state index contributed by atoms with van der Waals surface area (Å²) in [4.78, 5) is 24.9. The van der Waals surface area contributed by atoms with E-state index in [-0.39, 0.29) is 18.4 Å². The molecule has 2 N–H and O–H groups in total. The molecular weight excluding hydrogens is 286 g/mol. The molecule has 2 atom stereocenters. The number of nitrogens with one attached hydrogen (secondary N) is 1. The summed E-state index contributed by atoms with van der Waals surface area (Å²) < 4.78 is 0. The number of aliphatic carboxylic acids is 1. The fraction of sp³-hybridized carbons (Fsp3) is 0.625. The lowest BCUT2D eigenvalue weighted by Crippen LogP contribution is -2.32. The summed E-state index contributed by atoms with van der Waals surface area (Å²) >= 11 is 1.59. The first-order valence-electron chi connectivity index (χ1n) is 7.63. The lowest BCUT2D eigenvalue weighted by Gasteiger charge is -2.19. The van der Waals surface area contributed by atoms with Gasteiger partial charge in [0.25, 0.3) is 5.91 Å². The molecule has 0 aliphatic heterocycles. The lowest BCUT2D eigenvalue weighted by atomic mass is 9.87. The average Bonchev–Trinajstić information content (AvgIpc) is 2.87. The molecule has 0 spiro atoms. The number of hydrogen-bond donors (Lipinski definition) is 2. The van der Waals surface area contributed by atoms with Crippen LogP contribution in [-0.2, 0) is 17.6 Å². The summed E-state index contributed by atoms with van der Waals surface area (Å²) in [5, 5.41) is 11.6. The zero-order valence-electron chi connectivity index (χ0n) is 12.6. The second kappa shape index (κ2) is 7.07. The zero-order valence-corrected chi connectivity index (χ0v) is 13.5. The third-order valence-corrected chi connectivity index (χ3v) is 5.39. The number of hydrogen-bond acceptors (Lipinski definition) is 3. The van der Waals surface area contributed by atoms with Crippen molar-refractivity contribution in [1.29, 1.82) is 0 Å². The molecule has 0 saturated carbocycles. The van der Waals surface area contributed by atoms with Crippen molar-refractivity contribution >= 4 is 23.2 Å². The minimum Gasteiger partial charge on any atom is -0.481 e. The first-order valence-corrected chi connectivity index (χ1v) is 8.45. The molecule has 0 saturated heterocycles. The van der Waals surface area contributed by atoms with Crippen LogP contribution in [0.15, 0.2) is 6.07 Å². The van der Waals surface area contributed by atoms with E-state index < -0.39 is 5.97 Å². The van der Waals surface area contributed by atoms with Crippen LogP contribution in [0.1, 0.15) is 59.6 Å². The molecule has 0 fully saturated rings. The molecule has 2 unspecified atom stereocenters. The van der Waals surface area contributed by atoms with Crippen LogP contribution in [0, 0.1) is 5.92 Å². The lowest BCUT2D eigenvalue weighted by molar-refractivity contribution is -0.137. The Kier molecular flexibility index (Phi) is 5.39. The molecule has 1 aromatic rings. The Morgan fingerprint density at radius 2 is 2.29 bits per heavy atom. The van der Waals surface area contributed by atoms with Crippen molar-refractivity contribution in [3.8, 4) is 0 Å². The fourth-order valence-corrected chi connectivity index (χ4v) is 3.88. The van der Waals surface area contributed by atoms with Gasteiger partial charge in [-0.15, -0.1) is 11.3 Å². The molecule has 1 aliphatic carbocycles. The van der Waals surface area contributed by atoms with E-state index in [1.807, 2.05) is 13.0 Å². The van der Waals surface area contributed by atoms with Gasteiger partial charge in [0.2, 0.25) is 0 Å². The van der Waals surface area contributed by atoms with E-state index in [9.17, 15) is 9.59 Å². The monoisotopic (exact) mass is 309 g/mol. The Bertz CT molecular complexity index is 524. The number of aryl methyl sites for hydroxylation is 1. The third kappa shape index (κ3) is 4.30. The standard InChI is InChI=1S/C16H23NO3S/c1-3-11-5-6-13-12(8-11)9-14(21-13)16(20)17-10(2)4-7-15(18)19/h9-11H,3-8H2,1-2H3,(H,17,20)(H,18,19). The fourth-order valence-electron chi connectivity index (χ4n) is 2.77. The van der Waals surface area contributed by atoms with Crippen LogP contribution in [0.3, 0.4) is 0 Å². The first-order chi connectivity index (χ1) is 9.99. The molecule has 1 aromatic heterocycles. The van der Waals surface area contributed by atoms with Gasteiger partial charge in [0.05, 0.1) is 4.88 Å². The van der Waals surface area contributed by atoms with Gasteiger partial charge >= 0.3 is 5.97 Å². The van der Waals surface area contributed by atoms with E-state index in [1.54, 1.807) is 11.3 Å². The maximum atomic E-state index is 12.2. The molecular formula is C16H23NO3S. The molecule has 2 rings (SSSR count). The van der Waals surface area contributed by atoms with Crippen LogP contribution >= 0.6 is 11.3 Å². The number of thiophene rings is 1. The number of carboxylic acids is 1. The van der Waals surface area contributed by atoms with Gasteiger partial charge in [0.1, 0.15) is 0 Å². The van der Waals surface area contributed by atoms with Crippen LogP contribution in [0.2, 0.25) is 0 Å². The van der Waals surface area contributed by atoms with E-state index in [2.05, 4.69) is 12.2 Å². The minimum atomic E-state index is -0.826. The largest absolute Gasteiger partial charge is 0.481 e. The van der Waals surface area contributed by atoms with E-state index in [4.69, 9.17) is 5.11 Å². The number of carboxylic acid groups (broad SMARTS) is 1. The summed E-state index contributed by atoms with van der Waals surface area (Å²) in [5.41, 5.74) is 1.33. The van der Waals surface area contributed by atoms with Gasteiger partial charge in [-0.2, -0.15) is 0 Å². The molecule has 21 heavy (non-hydrogen) atoms. The van der Waals surface area contributed by atoms with Gasteiger partial charge in [-0.25, -0.2) is 0 Å². The van der Waals surface area contributed by atoms with E-state index in [0.717, 1.165) is 23.6 Å². The summed E-state index contributed by atoms with van der Waals surface area (Å²) in [6, 6.07) is 1.91. The quantitative estimate of drug-likeness (QED) is 0.847. The Hall–Kier alpha value is -1.36. The molecule has 1 aliphatic rings. The van der Waals surface area contributed by atoms with E-state index >= 15 is 0 Å². The maximum Gasteiger partial charge on any atom is 0.303 e. The molecule has 0 radical (unpaired) electrons. The molecule has 4 nitrogen and oxygen atoms in total. The van der Waals surface area contributed by atoms with Crippen LogP contribution in [0.4, 0.5) is 0 Å². The van der Waals surface area contributed by atoms with Crippen molar-refractivity contribution < 1.29 is 14.7 Å². The van der Waals surface area contributed by atoms with Crippen LogP contribution in [0.25, 0.3) is 0 Å². The van der Waals surface area contributed by atoms with Gasteiger partial charge in [0.15, 0.2) is 0 Å². The Morgan fingerprint density at radius 3 is 2.95 bits per heavy atom. The highest BCUT2D eigenvalue weighted by Gasteiger charge is 2.22. The number of amides is 1. The van der Waals surface area contributed by atoms with Gasteiger partial charge in [-0.3, -0.25) is 9.59 Å². The summed E-state index contributed by atoms with van der Waals surface area (Å²) in [5.74, 6) is -0.147. The molecule has 5 heteroatoms. The predicted octanol–water partition coefficient (Wildman–Crippen LogP) is 3.25. The second-order valence-corrected chi connectivity index (χ2v) is 7.02. The normalized spacial score (nSPS) is 18.9. The topological polar surface area (TPSA) is 66.4 Å². The van der Waals surface area contributed by atoms with Crippen molar-refractivity contribution in [2.24, 2.45) is 5.92 Å². The highest BCUT2D eigenvalue weighted by atomic mass is 32.1. The molecule has 1 amide bonds. The Morgan fingerprint density at radius 1 is 1.52 bits per heavy atom. The molecule has 0 aromatic carbocycles. The highest BCUT2D eigenvalue weighted by molar-refractivity contribution is 7.14. The molecule has 116 valence electrons. The zero-order chi connectivity index (χ0) is 15.4. The SMILES string of the molecule is CCC1CCc2sc(C(=O)NC(C)CCC(=O)O)cc2C1. The summed E-state index contributed by atoms with van der Waals surface area (Å²) in [6.45, 7) is 4.07. The first kappa shape index (κ1) is 16.0. The number of fused-ring (bicyclic) bond motifs is 1. The number of rotatable bonds is 6. The second-order valence-electron chi connectivity index (χ2n) is 5.88. The van der Waals surface area contributed by atoms with Crippen LogP contribution < -0.4 is 5.32 Å². The van der Waals surface area contributed by atoms with Crippen LogP contribution in [-0.4, -0.2) is 23.0 Å². The van der Waals surface area contributed by atoms with Crippen LogP contribution in [0.5, 0.6) is 0 Å². The van der Waals surface area contributed by atoms with Crippen molar-refractivity contribution in [2.75, 3.05) is 0 Å². The van der Waals surface area contributed by atoms with Gasteiger partial charge in [-0.1, -0.05) is 13.3 Å². The highest BCUT2D eigenvalue weighted by Crippen LogP contribution is 2.33. The van der Waals surface area contributed by atoms with Crippen molar-refractivity contribution in [1.82, 2.24) is 5.32 Å². The smallest absolute Gasteiger partial charge is 0.303 e. The van der Waals surface area contributed by atoms with E-state index in [1.165, 1.54) is 23.3 Å². The number of carbonyl (C=O) groups is 2. The molecule has 1 heterocycles. The van der Waals surface area contributed by atoms with Gasteiger partial charge < -0.3 is 10.4 Å². The Labute approximate surface area is 129 Å². The summed E-state index contributed by atoms with van der Waals surface area (Å²) in [7, 11) is 0.